The van der Waals surface area contributed by atoms with Crippen molar-refractivity contribution in [3.63, 3.8) is 0 Å². The lowest BCUT2D eigenvalue weighted by molar-refractivity contribution is 0.500. The van der Waals surface area contributed by atoms with E-state index in [0.717, 1.165) is 4.34 Å². The van der Waals surface area contributed by atoms with Crippen molar-refractivity contribution in [1.82, 2.24) is 5.32 Å². The summed E-state index contributed by atoms with van der Waals surface area (Å²) in [4.78, 5) is 2.58. The molecule has 1 nitrogen and oxygen atoms in total. The van der Waals surface area contributed by atoms with E-state index in [1.165, 1.54) is 15.3 Å². The fraction of sp³-hybridized carbons (Fsp3) is 0.333. The highest BCUT2D eigenvalue weighted by molar-refractivity contribution is 7.98. The molecule has 0 bridgehead atoms. The first-order valence-corrected chi connectivity index (χ1v) is 8.67. The molecule has 0 amide bonds. The van der Waals surface area contributed by atoms with Crippen molar-refractivity contribution in [2.24, 2.45) is 0 Å². The van der Waals surface area contributed by atoms with Crippen LogP contribution in [0.2, 0.25) is 4.34 Å². The van der Waals surface area contributed by atoms with E-state index in [9.17, 15) is 0 Å². The van der Waals surface area contributed by atoms with Gasteiger partial charge in [0.2, 0.25) is 0 Å². The average Bonchev–Trinajstić information content (AvgIpc) is 2.85. The van der Waals surface area contributed by atoms with Gasteiger partial charge in [-0.2, -0.15) is 0 Å². The molecule has 1 N–H and O–H groups in total. The molecule has 19 heavy (non-hydrogen) atoms. The maximum Gasteiger partial charge on any atom is 0.0931 e. The SMILES string of the molecule is CSc1ccc(C(C)NC(C)c2ccc(Cl)s2)cc1. The second kappa shape index (κ2) is 6.80. The molecule has 0 spiro atoms. The molecule has 2 unspecified atom stereocenters. The number of halogens is 1. The zero-order valence-electron chi connectivity index (χ0n) is 11.3. The van der Waals surface area contributed by atoms with Crippen LogP contribution in [0.15, 0.2) is 41.3 Å². The fourth-order valence-electron chi connectivity index (χ4n) is 2.01. The van der Waals surface area contributed by atoms with Crippen LogP contribution in [0.1, 0.15) is 36.4 Å². The summed E-state index contributed by atoms with van der Waals surface area (Å²) in [5.41, 5.74) is 1.31. The van der Waals surface area contributed by atoms with Crippen LogP contribution < -0.4 is 5.32 Å². The summed E-state index contributed by atoms with van der Waals surface area (Å²) in [6.45, 7) is 4.37. The molecule has 0 aliphatic carbocycles. The van der Waals surface area contributed by atoms with E-state index in [1.54, 1.807) is 23.1 Å². The molecular formula is C15H18ClNS2. The van der Waals surface area contributed by atoms with Crippen LogP contribution in [0.5, 0.6) is 0 Å². The first-order valence-electron chi connectivity index (χ1n) is 6.25. The Morgan fingerprint density at radius 3 is 2.26 bits per heavy atom. The van der Waals surface area contributed by atoms with Crippen molar-refractivity contribution >= 4 is 34.7 Å². The maximum atomic E-state index is 5.98. The number of hydrogen-bond acceptors (Lipinski definition) is 3. The number of nitrogens with one attached hydrogen (secondary N) is 1. The highest BCUT2D eigenvalue weighted by Crippen LogP contribution is 2.28. The minimum atomic E-state index is 0.313. The normalized spacial score (nSPS) is 14.3. The largest absolute Gasteiger partial charge is 0.303 e. The van der Waals surface area contributed by atoms with Crippen LogP contribution in [-0.2, 0) is 0 Å². The van der Waals surface area contributed by atoms with E-state index in [1.807, 2.05) is 6.07 Å². The summed E-state index contributed by atoms with van der Waals surface area (Å²) >= 11 is 9.39. The molecular weight excluding hydrogens is 294 g/mol. The Kier molecular flexibility index (Phi) is 5.34. The van der Waals surface area contributed by atoms with Gasteiger partial charge in [-0.25, -0.2) is 0 Å². The van der Waals surface area contributed by atoms with Gasteiger partial charge in [-0.15, -0.1) is 23.1 Å². The van der Waals surface area contributed by atoms with Gasteiger partial charge in [0.05, 0.1) is 4.34 Å². The van der Waals surface area contributed by atoms with Gasteiger partial charge < -0.3 is 5.32 Å². The third kappa shape index (κ3) is 3.99. The summed E-state index contributed by atoms with van der Waals surface area (Å²) < 4.78 is 0.848. The quantitative estimate of drug-likeness (QED) is 0.728. The second-order valence-electron chi connectivity index (χ2n) is 4.53. The van der Waals surface area contributed by atoms with E-state index in [2.05, 4.69) is 55.8 Å². The topological polar surface area (TPSA) is 12.0 Å². The minimum Gasteiger partial charge on any atom is -0.303 e. The predicted molar refractivity (Wildman–Crippen MR) is 87.5 cm³/mol. The number of thiophene rings is 1. The zero-order chi connectivity index (χ0) is 13.8. The zero-order valence-corrected chi connectivity index (χ0v) is 13.7. The van der Waals surface area contributed by atoms with Crippen LogP contribution in [0, 0.1) is 0 Å². The lowest BCUT2D eigenvalue weighted by Crippen LogP contribution is -2.21. The van der Waals surface area contributed by atoms with Gasteiger partial charge in [0.25, 0.3) is 0 Å². The van der Waals surface area contributed by atoms with Crippen molar-refractivity contribution in [3.8, 4) is 0 Å². The van der Waals surface area contributed by atoms with Crippen molar-refractivity contribution in [3.05, 3.63) is 51.2 Å². The number of benzene rings is 1. The molecule has 2 aromatic rings. The van der Waals surface area contributed by atoms with Crippen molar-refractivity contribution < 1.29 is 0 Å². The Morgan fingerprint density at radius 2 is 1.74 bits per heavy atom. The lowest BCUT2D eigenvalue weighted by atomic mass is 10.1. The number of thioether (sulfide) groups is 1. The number of hydrogen-bond donors (Lipinski definition) is 1. The highest BCUT2D eigenvalue weighted by atomic mass is 35.5. The van der Waals surface area contributed by atoms with Crippen LogP contribution in [0.3, 0.4) is 0 Å². The van der Waals surface area contributed by atoms with Crippen LogP contribution in [-0.4, -0.2) is 6.26 Å². The van der Waals surface area contributed by atoms with Gasteiger partial charge in [0, 0.05) is 21.9 Å². The second-order valence-corrected chi connectivity index (χ2v) is 7.15. The average molecular weight is 312 g/mol. The third-order valence-corrected chi connectivity index (χ3v) is 5.29. The number of rotatable bonds is 5. The monoisotopic (exact) mass is 311 g/mol. The summed E-state index contributed by atoms with van der Waals surface area (Å²) in [5.74, 6) is 0. The van der Waals surface area contributed by atoms with Gasteiger partial charge in [-0.3, -0.25) is 0 Å². The van der Waals surface area contributed by atoms with Gasteiger partial charge in [-0.1, -0.05) is 23.7 Å². The van der Waals surface area contributed by atoms with E-state index < -0.39 is 0 Å². The molecule has 1 heterocycles. The molecule has 2 atom stereocenters. The van der Waals surface area contributed by atoms with E-state index in [-0.39, 0.29) is 0 Å². The summed E-state index contributed by atoms with van der Waals surface area (Å²) in [5, 5.41) is 3.61. The molecule has 2 rings (SSSR count). The van der Waals surface area contributed by atoms with Crippen LogP contribution in [0.4, 0.5) is 0 Å². The van der Waals surface area contributed by atoms with E-state index >= 15 is 0 Å². The smallest absolute Gasteiger partial charge is 0.0931 e. The van der Waals surface area contributed by atoms with E-state index in [4.69, 9.17) is 11.6 Å². The molecule has 0 radical (unpaired) electrons. The van der Waals surface area contributed by atoms with Gasteiger partial charge in [-0.05, 0) is 49.9 Å². The Hall–Kier alpha value is -0.480. The molecule has 1 aromatic carbocycles. The fourth-order valence-corrected chi connectivity index (χ4v) is 3.49. The molecule has 102 valence electrons. The summed E-state index contributed by atoms with van der Waals surface area (Å²) in [7, 11) is 0. The molecule has 1 aromatic heterocycles. The third-order valence-electron chi connectivity index (χ3n) is 3.14. The molecule has 0 aliphatic heterocycles. The standard InChI is InChI=1S/C15H18ClNS2/c1-10(12-4-6-13(18-3)7-5-12)17-11(2)14-8-9-15(16)19-14/h4-11,17H,1-3H3. The maximum absolute atomic E-state index is 5.98. The molecule has 0 aliphatic rings. The minimum absolute atomic E-state index is 0.313. The Labute approximate surface area is 128 Å². The lowest BCUT2D eigenvalue weighted by Gasteiger charge is -2.19. The highest BCUT2D eigenvalue weighted by Gasteiger charge is 2.12. The molecule has 4 heteroatoms. The van der Waals surface area contributed by atoms with Crippen LogP contribution in [0.25, 0.3) is 0 Å². The van der Waals surface area contributed by atoms with Crippen molar-refractivity contribution in [2.45, 2.75) is 30.8 Å². The van der Waals surface area contributed by atoms with Gasteiger partial charge in [0.15, 0.2) is 0 Å². The van der Waals surface area contributed by atoms with Crippen molar-refractivity contribution in [1.29, 1.82) is 0 Å². The Morgan fingerprint density at radius 1 is 1.05 bits per heavy atom. The molecule has 0 fully saturated rings. The predicted octanol–water partition coefficient (Wildman–Crippen LogP) is 5.54. The first kappa shape index (κ1) is 14.9. The molecule has 0 saturated heterocycles. The van der Waals surface area contributed by atoms with Crippen LogP contribution >= 0.6 is 34.7 Å². The first-order chi connectivity index (χ1) is 9.10. The van der Waals surface area contributed by atoms with Gasteiger partial charge in [0.1, 0.15) is 0 Å². The Balaban J connectivity index is 2.01. The van der Waals surface area contributed by atoms with Crippen molar-refractivity contribution in [2.75, 3.05) is 6.26 Å². The van der Waals surface area contributed by atoms with E-state index in [0.29, 0.717) is 12.1 Å². The van der Waals surface area contributed by atoms with Gasteiger partial charge >= 0.3 is 0 Å². The molecule has 0 saturated carbocycles. The Bertz CT molecular complexity index is 521. The summed E-state index contributed by atoms with van der Waals surface area (Å²) in [6, 6.07) is 13.4. The summed E-state index contributed by atoms with van der Waals surface area (Å²) in [6.07, 6.45) is 2.10.